The first-order valence-corrected chi connectivity index (χ1v) is 6.52. The van der Waals surface area contributed by atoms with E-state index in [2.05, 4.69) is 4.98 Å². The minimum atomic E-state index is -0.470. The van der Waals surface area contributed by atoms with Crippen molar-refractivity contribution in [2.75, 3.05) is 0 Å². The zero-order chi connectivity index (χ0) is 14.7. The summed E-state index contributed by atoms with van der Waals surface area (Å²) in [5.41, 5.74) is 1.55. The summed E-state index contributed by atoms with van der Waals surface area (Å²) in [7, 11) is 0. The molecule has 3 rings (SSSR count). The Labute approximate surface area is 121 Å². The highest BCUT2D eigenvalue weighted by molar-refractivity contribution is 5.92. The zero-order valence-corrected chi connectivity index (χ0v) is 11.4. The van der Waals surface area contributed by atoms with E-state index in [1.807, 2.05) is 31.2 Å². The van der Waals surface area contributed by atoms with Gasteiger partial charge in [0.1, 0.15) is 11.3 Å². The molecule has 0 atom stereocenters. The monoisotopic (exact) mass is 279 g/mol. The van der Waals surface area contributed by atoms with Gasteiger partial charge in [-0.05, 0) is 37.3 Å². The average molecular weight is 279 g/mol. The predicted octanol–water partition coefficient (Wildman–Crippen LogP) is 3.76. The standard InChI is InChI=1S/C17H13NO3/c1-12-7-8-13-4-2-6-15(17(13)18-12)21-16(19)10-9-14-5-3-11-20-14/h2-11H,1H3. The third-order valence-electron chi connectivity index (χ3n) is 2.96. The summed E-state index contributed by atoms with van der Waals surface area (Å²) in [5.74, 6) is 0.575. The number of esters is 1. The Morgan fingerprint density at radius 2 is 2.10 bits per heavy atom. The number of hydrogen-bond acceptors (Lipinski definition) is 4. The molecule has 0 unspecified atom stereocenters. The summed E-state index contributed by atoms with van der Waals surface area (Å²) >= 11 is 0. The molecule has 4 heteroatoms. The van der Waals surface area contributed by atoms with Gasteiger partial charge in [0.15, 0.2) is 5.75 Å². The van der Waals surface area contributed by atoms with Crippen molar-refractivity contribution in [2.24, 2.45) is 0 Å². The first-order valence-electron chi connectivity index (χ1n) is 6.52. The first-order chi connectivity index (χ1) is 10.2. The summed E-state index contributed by atoms with van der Waals surface area (Å²) in [6, 6.07) is 12.9. The molecule has 1 aromatic carbocycles. The molecule has 0 saturated carbocycles. The molecule has 21 heavy (non-hydrogen) atoms. The van der Waals surface area contributed by atoms with Gasteiger partial charge in [0.2, 0.25) is 0 Å². The van der Waals surface area contributed by atoms with E-state index in [0.717, 1.165) is 11.1 Å². The largest absolute Gasteiger partial charge is 0.465 e. The number of aryl methyl sites for hydroxylation is 1. The molecule has 4 nitrogen and oxygen atoms in total. The smallest absolute Gasteiger partial charge is 0.336 e. The van der Waals surface area contributed by atoms with Crippen LogP contribution >= 0.6 is 0 Å². The molecular formula is C17H13NO3. The Morgan fingerprint density at radius 3 is 2.90 bits per heavy atom. The Morgan fingerprint density at radius 1 is 1.19 bits per heavy atom. The van der Waals surface area contributed by atoms with Crippen LogP contribution in [0.25, 0.3) is 17.0 Å². The molecule has 0 aliphatic heterocycles. The number of ether oxygens (including phenoxy) is 1. The van der Waals surface area contributed by atoms with Gasteiger partial charge in [-0.1, -0.05) is 18.2 Å². The highest BCUT2D eigenvalue weighted by Gasteiger charge is 2.07. The second-order valence-electron chi connectivity index (χ2n) is 4.55. The fraction of sp³-hybridized carbons (Fsp3) is 0.0588. The normalized spacial score (nSPS) is 11.1. The molecule has 2 aromatic heterocycles. The number of carbonyl (C=O) groups excluding carboxylic acids is 1. The van der Waals surface area contributed by atoms with Crippen LogP contribution in [-0.4, -0.2) is 11.0 Å². The molecule has 2 heterocycles. The number of hydrogen-bond donors (Lipinski definition) is 0. The van der Waals surface area contributed by atoms with Gasteiger partial charge in [-0.3, -0.25) is 0 Å². The predicted molar refractivity (Wildman–Crippen MR) is 79.9 cm³/mol. The molecule has 0 radical (unpaired) electrons. The number of furan rings is 1. The van der Waals surface area contributed by atoms with Crippen molar-refractivity contribution in [3.8, 4) is 5.75 Å². The molecule has 0 bridgehead atoms. The number of rotatable bonds is 3. The molecule has 0 amide bonds. The zero-order valence-electron chi connectivity index (χ0n) is 11.4. The van der Waals surface area contributed by atoms with Crippen molar-refractivity contribution in [1.29, 1.82) is 0 Å². The molecule has 0 saturated heterocycles. The van der Waals surface area contributed by atoms with E-state index in [-0.39, 0.29) is 0 Å². The van der Waals surface area contributed by atoms with Crippen LogP contribution in [0.3, 0.4) is 0 Å². The lowest BCUT2D eigenvalue weighted by Gasteiger charge is -2.05. The van der Waals surface area contributed by atoms with Crippen LogP contribution in [-0.2, 0) is 4.79 Å². The van der Waals surface area contributed by atoms with Crippen molar-refractivity contribution in [3.05, 3.63) is 66.3 Å². The van der Waals surface area contributed by atoms with Crippen LogP contribution < -0.4 is 4.74 Å². The second-order valence-corrected chi connectivity index (χ2v) is 4.55. The lowest BCUT2D eigenvalue weighted by atomic mass is 10.2. The Kier molecular flexibility index (Phi) is 3.51. The Bertz CT molecular complexity index is 804. The van der Waals surface area contributed by atoms with Crippen LogP contribution in [0.15, 0.2) is 59.2 Å². The van der Waals surface area contributed by atoms with E-state index >= 15 is 0 Å². The van der Waals surface area contributed by atoms with E-state index in [4.69, 9.17) is 9.15 Å². The van der Waals surface area contributed by atoms with Gasteiger partial charge in [-0.2, -0.15) is 0 Å². The topological polar surface area (TPSA) is 52.3 Å². The number of carbonyl (C=O) groups is 1. The van der Waals surface area contributed by atoms with Crippen LogP contribution in [0.2, 0.25) is 0 Å². The SMILES string of the molecule is Cc1ccc2cccc(OC(=O)C=Cc3ccco3)c2n1. The molecule has 0 aliphatic carbocycles. The maximum absolute atomic E-state index is 11.9. The molecule has 104 valence electrons. The molecule has 0 aliphatic rings. The highest BCUT2D eigenvalue weighted by atomic mass is 16.5. The first kappa shape index (κ1) is 13.1. The van der Waals surface area contributed by atoms with E-state index < -0.39 is 5.97 Å². The number of pyridine rings is 1. The number of benzene rings is 1. The van der Waals surface area contributed by atoms with E-state index in [1.165, 1.54) is 6.08 Å². The van der Waals surface area contributed by atoms with Crippen molar-refractivity contribution in [3.63, 3.8) is 0 Å². The third-order valence-corrected chi connectivity index (χ3v) is 2.96. The lowest BCUT2D eigenvalue weighted by molar-refractivity contribution is -0.128. The van der Waals surface area contributed by atoms with Gasteiger partial charge < -0.3 is 9.15 Å². The average Bonchev–Trinajstić information content (AvgIpc) is 2.99. The van der Waals surface area contributed by atoms with Crippen molar-refractivity contribution in [1.82, 2.24) is 4.98 Å². The highest BCUT2D eigenvalue weighted by Crippen LogP contribution is 2.24. The Balaban J connectivity index is 1.84. The second kappa shape index (κ2) is 5.63. The summed E-state index contributed by atoms with van der Waals surface area (Å²) < 4.78 is 10.5. The summed E-state index contributed by atoms with van der Waals surface area (Å²) in [5, 5.41) is 0.931. The van der Waals surface area contributed by atoms with Crippen molar-refractivity contribution in [2.45, 2.75) is 6.92 Å². The number of nitrogens with zero attached hydrogens (tertiary/aromatic N) is 1. The molecule has 0 fully saturated rings. The van der Waals surface area contributed by atoms with Crippen LogP contribution in [0.4, 0.5) is 0 Å². The van der Waals surface area contributed by atoms with Gasteiger partial charge in [-0.25, -0.2) is 9.78 Å². The van der Waals surface area contributed by atoms with Gasteiger partial charge in [0, 0.05) is 17.2 Å². The molecule has 3 aromatic rings. The van der Waals surface area contributed by atoms with Gasteiger partial charge >= 0.3 is 5.97 Å². The van der Waals surface area contributed by atoms with E-state index in [9.17, 15) is 4.79 Å². The van der Waals surface area contributed by atoms with Gasteiger partial charge in [0.05, 0.1) is 6.26 Å². The summed E-state index contributed by atoms with van der Waals surface area (Å²) in [6.07, 6.45) is 4.43. The molecular weight excluding hydrogens is 266 g/mol. The van der Waals surface area contributed by atoms with Crippen molar-refractivity contribution >= 4 is 22.9 Å². The van der Waals surface area contributed by atoms with E-state index in [1.54, 1.807) is 30.5 Å². The maximum atomic E-state index is 11.9. The molecule has 0 spiro atoms. The van der Waals surface area contributed by atoms with Crippen LogP contribution in [0.5, 0.6) is 5.75 Å². The summed E-state index contributed by atoms with van der Waals surface area (Å²) in [4.78, 5) is 16.3. The van der Waals surface area contributed by atoms with E-state index in [0.29, 0.717) is 17.0 Å². The number of para-hydroxylation sites is 1. The fourth-order valence-corrected chi connectivity index (χ4v) is 1.98. The lowest BCUT2D eigenvalue weighted by Crippen LogP contribution is -2.04. The van der Waals surface area contributed by atoms with Crippen molar-refractivity contribution < 1.29 is 13.9 Å². The number of fused-ring (bicyclic) bond motifs is 1. The Hall–Kier alpha value is -2.88. The van der Waals surface area contributed by atoms with Gasteiger partial charge in [0.25, 0.3) is 0 Å². The number of aromatic nitrogens is 1. The third kappa shape index (κ3) is 3.00. The van der Waals surface area contributed by atoms with Gasteiger partial charge in [-0.15, -0.1) is 0 Å². The fourth-order valence-electron chi connectivity index (χ4n) is 1.98. The minimum Gasteiger partial charge on any atom is -0.465 e. The van der Waals surface area contributed by atoms with Crippen LogP contribution in [0.1, 0.15) is 11.5 Å². The maximum Gasteiger partial charge on any atom is 0.336 e. The molecule has 0 N–H and O–H groups in total. The van der Waals surface area contributed by atoms with Crippen LogP contribution in [0, 0.1) is 6.92 Å². The minimum absolute atomic E-state index is 0.449. The summed E-state index contributed by atoms with van der Waals surface area (Å²) in [6.45, 7) is 1.90. The quantitative estimate of drug-likeness (QED) is 0.416.